The fraction of sp³-hybridized carbons (Fsp3) is 0.500. The Balaban J connectivity index is 2.07. The number of nitrogen functional groups attached to an aromatic ring is 1. The molecule has 0 bridgehead atoms. The number of aromatic nitrogens is 2. The number of aryl methyl sites for hydroxylation is 1. The second-order valence-electron chi connectivity index (χ2n) is 5.55. The van der Waals surface area contributed by atoms with Gasteiger partial charge in [-0.25, -0.2) is 9.37 Å². The summed E-state index contributed by atoms with van der Waals surface area (Å²) in [5, 5.41) is 0. The third kappa shape index (κ3) is 2.08. The van der Waals surface area contributed by atoms with E-state index in [1.807, 2.05) is 4.57 Å². The standard InChI is InChI=1S/C14H18FN3O/c1-9-6-12-11(7-10(9)15)17-13(16)18(12)8-14(2)4-3-5-19-14/h6-7H,3-5,8H2,1-2H3,(H2,16,17). The van der Waals surface area contributed by atoms with E-state index in [0.717, 1.165) is 25.0 Å². The van der Waals surface area contributed by atoms with E-state index in [2.05, 4.69) is 11.9 Å². The molecule has 102 valence electrons. The van der Waals surface area contributed by atoms with Crippen molar-refractivity contribution < 1.29 is 9.13 Å². The van der Waals surface area contributed by atoms with Crippen molar-refractivity contribution in [1.82, 2.24) is 9.55 Å². The topological polar surface area (TPSA) is 53.1 Å². The molecule has 2 N–H and O–H groups in total. The van der Waals surface area contributed by atoms with Crippen LogP contribution in [-0.2, 0) is 11.3 Å². The molecule has 1 unspecified atom stereocenters. The van der Waals surface area contributed by atoms with E-state index in [4.69, 9.17) is 10.5 Å². The van der Waals surface area contributed by atoms with Gasteiger partial charge in [0, 0.05) is 12.7 Å². The van der Waals surface area contributed by atoms with E-state index >= 15 is 0 Å². The molecule has 0 aliphatic carbocycles. The molecule has 2 heterocycles. The van der Waals surface area contributed by atoms with Crippen LogP contribution in [-0.4, -0.2) is 21.8 Å². The molecule has 19 heavy (non-hydrogen) atoms. The molecule has 2 aromatic rings. The molecular weight excluding hydrogens is 245 g/mol. The first-order valence-corrected chi connectivity index (χ1v) is 6.54. The predicted octanol–water partition coefficient (Wildman–Crippen LogP) is 2.64. The largest absolute Gasteiger partial charge is 0.373 e. The summed E-state index contributed by atoms with van der Waals surface area (Å²) in [6, 6.07) is 3.24. The maximum Gasteiger partial charge on any atom is 0.201 e. The first-order chi connectivity index (χ1) is 8.98. The maximum atomic E-state index is 13.6. The molecule has 1 aliphatic rings. The van der Waals surface area contributed by atoms with Crippen LogP contribution in [0.4, 0.5) is 10.3 Å². The molecule has 1 aromatic carbocycles. The van der Waals surface area contributed by atoms with E-state index in [0.29, 0.717) is 23.6 Å². The zero-order valence-corrected chi connectivity index (χ0v) is 11.2. The Bertz CT molecular complexity index is 629. The molecule has 1 aliphatic heterocycles. The predicted molar refractivity (Wildman–Crippen MR) is 72.4 cm³/mol. The van der Waals surface area contributed by atoms with E-state index in [9.17, 15) is 4.39 Å². The van der Waals surface area contributed by atoms with Crippen LogP contribution in [0.3, 0.4) is 0 Å². The number of rotatable bonds is 2. The minimum absolute atomic E-state index is 0.204. The minimum atomic E-state index is -0.250. The van der Waals surface area contributed by atoms with Crippen molar-refractivity contribution >= 4 is 17.0 Å². The van der Waals surface area contributed by atoms with Gasteiger partial charge >= 0.3 is 0 Å². The van der Waals surface area contributed by atoms with Crippen LogP contribution in [0.5, 0.6) is 0 Å². The molecular formula is C14H18FN3O. The third-order valence-electron chi connectivity index (χ3n) is 3.85. The van der Waals surface area contributed by atoms with E-state index in [1.165, 1.54) is 6.07 Å². The van der Waals surface area contributed by atoms with Gasteiger partial charge in [-0.15, -0.1) is 0 Å². The van der Waals surface area contributed by atoms with Crippen molar-refractivity contribution in [2.75, 3.05) is 12.3 Å². The fourth-order valence-electron chi connectivity index (χ4n) is 2.73. The summed E-state index contributed by atoms with van der Waals surface area (Å²) in [5.41, 5.74) is 7.83. The van der Waals surface area contributed by atoms with Gasteiger partial charge in [0.25, 0.3) is 0 Å². The first kappa shape index (κ1) is 12.4. The smallest absolute Gasteiger partial charge is 0.201 e. The zero-order chi connectivity index (χ0) is 13.6. The van der Waals surface area contributed by atoms with Crippen molar-refractivity contribution in [3.05, 3.63) is 23.5 Å². The van der Waals surface area contributed by atoms with Crippen molar-refractivity contribution in [1.29, 1.82) is 0 Å². The van der Waals surface area contributed by atoms with Crippen molar-refractivity contribution in [2.24, 2.45) is 0 Å². The average Bonchev–Trinajstić information content (AvgIpc) is 2.88. The summed E-state index contributed by atoms with van der Waals surface area (Å²) in [4.78, 5) is 4.23. The Morgan fingerprint density at radius 1 is 1.53 bits per heavy atom. The lowest BCUT2D eigenvalue weighted by molar-refractivity contribution is 0.00750. The molecule has 5 heteroatoms. The summed E-state index contributed by atoms with van der Waals surface area (Å²) < 4.78 is 21.3. The molecule has 0 spiro atoms. The summed E-state index contributed by atoms with van der Waals surface area (Å²) >= 11 is 0. The molecule has 1 aromatic heterocycles. The SMILES string of the molecule is Cc1cc2c(cc1F)nc(N)n2CC1(C)CCCO1. The van der Waals surface area contributed by atoms with Crippen LogP contribution in [0.2, 0.25) is 0 Å². The van der Waals surface area contributed by atoms with Gasteiger partial charge < -0.3 is 15.0 Å². The van der Waals surface area contributed by atoms with Crippen molar-refractivity contribution in [3.63, 3.8) is 0 Å². The number of benzene rings is 1. The summed E-state index contributed by atoms with van der Waals surface area (Å²) in [6.07, 6.45) is 2.07. The van der Waals surface area contributed by atoms with Crippen LogP contribution in [0.25, 0.3) is 11.0 Å². The highest BCUT2D eigenvalue weighted by Gasteiger charge is 2.31. The van der Waals surface area contributed by atoms with Gasteiger partial charge in [0.05, 0.1) is 23.2 Å². The van der Waals surface area contributed by atoms with Crippen LogP contribution >= 0.6 is 0 Å². The van der Waals surface area contributed by atoms with Gasteiger partial charge in [-0.1, -0.05) is 0 Å². The fourth-order valence-corrected chi connectivity index (χ4v) is 2.73. The van der Waals surface area contributed by atoms with Gasteiger partial charge in [0.2, 0.25) is 5.95 Å². The highest BCUT2D eigenvalue weighted by Crippen LogP contribution is 2.30. The van der Waals surface area contributed by atoms with Crippen LogP contribution in [0.15, 0.2) is 12.1 Å². The van der Waals surface area contributed by atoms with Gasteiger partial charge in [-0.2, -0.15) is 0 Å². The molecule has 4 nitrogen and oxygen atoms in total. The van der Waals surface area contributed by atoms with Gasteiger partial charge in [-0.05, 0) is 38.3 Å². The average molecular weight is 263 g/mol. The Kier molecular flexibility index (Phi) is 2.74. The number of ether oxygens (including phenoxy) is 1. The number of hydrogen-bond acceptors (Lipinski definition) is 3. The molecule has 1 atom stereocenters. The lowest BCUT2D eigenvalue weighted by atomic mass is 10.0. The third-order valence-corrected chi connectivity index (χ3v) is 3.85. The van der Waals surface area contributed by atoms with Crippen LogP contribution < -0.4 is 5.73 Å². The number of anilines is 1. The van der Waals surface area contributed by atoms with E-state index in [1.54, 1.807) is 13.0 Å². The Morgan fingerprint density at radius 2 is 2.32 bits per heavy atom. The van der Waals surface area contributed by atoms with Crippen LogP contribution in [0, 0.1) is 12.7 Å². The highest BCUT2D eigenvalue weighted by molar-refractivity contribution is 5.79. The molecule has 1 saturated heterocycles. The Labute approximate surface area is 111 Å². The lowest BCUT2D eigenvalue weighted by Crippen LogP contribution is -2.30. The molecule has 0 radical (unpaired) electrons. The molecule has 3 rings (SSSR count). The second-order valence-corrected chi connectivity index (χ2v) is 5.55. The molecule has 0 amide bonds. The molecule has 1 fully saturated rings. The van der Waals surface area contributed by atoms with Gasteiger partial charge in [0.1, 0.15) is 5.82 Å². The van der Waals surface area contributed by atoms with Gasteiger partial charge in [0.15, 0.2) is 0 Å². The lowest BCUT2D eigenvalue weighted by Gasteiger charge is -2.24. The molecule has 0 saturated carbocycles. The Morgan fingerprint density at radius 3 is 3.00 bits per heavy atom. The number of imidazole rings is 1. The summed E-state index contributed by atoms with van der Waals surface area (Å²) in [7, 11) is 0. The quantitative estimate of drug-likeness (QED) is 0.906. The normalized spacial score (nSPS) is 23.3. The number of nitrogens with zero attached hydrogens (tertiary/aromatic N) is 2. The van der Waals surface area contributed by atoms with Crippen molar-refractivity contribution in [2.45, 2.75) is 38.8 Å². The minimum Gasteiger partial charge on any atom is -0.373 e. The van der Waals surface area contributed by atoms with E-state index < -0.39 is 0 Å². The van der Waals surface area contributed by atoms with Crippen LogP contribution in [0.1, 0.15) is 25.3 Å². The number of nitrogens with two attached hydrogens (primary N) is 1. The maximum absolute atomic E-state index is 13.6. The van der Waals surface area contributed by atoms with Gasteiger partial charge in [-0.3, -0.25) is 0 Å². The first-order valence-electron chi connectivity index (χ1n) is 6.54. The van der Waals surface area contributed by atoms with E-state index in [-0.39, 0.29) is 11.4 Å². The second kappa shape index (κ2) is 4.20. The summed E-state index contributed by atoms with van der Waals surface area (Å²) in [5.74, 6) is 0.164. The van der Waals surface area contributed by atoms with Crippen molar-refractivity contribution in [3.8, 4) is 0 Å². The highest BCUT2D eigenvalue weighted by atomic mass is 19.1. The number of hydrogen-bond donors (Lipinski definition) is 1. The monoisotopic (exact) mass is 263 g/mol. The Hall–Kier alpha value is -1.62. The number of fused-ring (bicyclic) bond motifs is 1. The number of halogens is 1. The zero-order valence-electron chi connectivity index (χ0n) is 11.2. The summed E-state index contributed by atoms with van der Waals surface area (Å²) in [6.45, 7) is 5.27.